The van der Waals surface area contributed by atoms with Gasteiger partial charge in [-0.05, 0) is 61.9 Å². The second kappa shape index (κ2) is 10.9. The number of carbonyl (C=O) groups excluding carboxylic acids is 1. The Bertz CT molecular complexity index is 1050. The van der Waals surface area contributed by atoms with Gasteiger partial charge in [-0.3, -0.25) is 9.59 Å². The summed E-state index contributed by atoms with van der Waals surface area (Å²) in [5.41, 5.74) is 2.65. The van der Waals surface area contributed by atoms with Crippen LogP contribution in [0.5, 0.6) is 5.75 Å². The third kappa shape index (κ3) is 6.25. The van der Waals surface area contributed by atoms with E-state index >= 15 is 0 Å². The van der Waals surface area contributed by atoms with Gasteiger partial charge in [-0.15, -0.1) is 0 Å². The SMILES string of the molecule is O=C(O)CCCCCOc1ccccc1C(=O)N(Cc1ccc(-c2ccco2)cc1)C1CC1. The van der Waals surface area contributed by atoms with Crippen LogP contribution in [0.25, 0.3) is 11.3 Å². The average molecular weight is 448 g/mol. The van der Waals surface area contributed by atoms with Gasteiger partial charge in [0.1, 0.15) is 11.5 Å². The normalized spacial score (nSPS) is 13.0. The van der Waals surface area contributed by atoms with Gasteiger partial charge >= 0.3 is 5.97 Å². The van der Waals surface area contributed by atoms with Crippen molar-refractivity contribution in [3.05, 3.63) is 78.1 Å². The fraction of sp³-hybridized carbons (Fsp3) is 0.333. The molecule has 1 fully saturated rings. The summed E-state index contributed by atoms with van der Waals surface area (Å²) in [5.74, 6) is 0.613. The molecule has 1 N–H and O–H groups in total. The van der Waals surface area contributed by atoms with Crippen molar-refractivity contribution >= 4 is 11.9 Å². The van der Waals surface area contributed by atoms with E-state index in [2.05, 4.69) is 0 Å². The fourth-order valence-electron chi connectivity index (χ4n) is 3.83. The van der Waals surface area contributed by atoms with E-state index in [0.29, 0.717) is 30.9 Å². The first kappa shape index (κ1) is 22.6. The van der Waals surface area contributed by atoms with E-state index in [-0.39, 0.29) is 18.4 Å². The lowest BCUT2D eigenvalue weighted by molar-refractivity contribution is -0.137. The van der Waals surface area contributed by atoms with Crippen molar-refractivity contribution in [2.45, 2.75) is 51.1 Å². The number of aliphatic carboxylic acids is 1. The molecule has 0 spiro atoms. The summed E-state index contributed by atoms with van der Waals surface area (Å²) in [4.78, 5) is 26.0. The molecule has 6 nitrogen and oxygen atoms in total. The number of benzene rings is 2. The number of unbranched alkanes of at least 4 members (excludes halogenated alkanes) is 2. The van der Waals surface area contributed by atoms with Gasteiger partial charge in [0, 0.05) is 24.6 Å². The van der Waals surface area contributed by atoms with E-state index < -0.39 is 5.97 Å². The van der Waals surface area contributed by atoms with Crippen LogP contribution in [0, 0.1) is 0 Å². The molecule has 1 aromatic heterocycles. The van der Waals surface area contributed by atoms with Gasteiger partial charge in [0.25, 0.3) is 5.91 Å². The Morgan fingerprint density at radius 3 is 2.45 bits per heavy atom. The number of carboxylic acid groups (broad SMARTS) is 1. The van der Waals surface area contributed by atoms with Crippen LogP contribution in [0.15, 0.2) is 71.3 Å². The van der Waals surface area contributed by atoms with Crippen molar-refractivity contribution in [3.63, 3.8) is 0 Å². The monoisotopic (exact) mass is 447 g/mol. The first-order chi connectivity index (χ1) is 16.1. The first-order valence-electron chi connectivity index (χ1n) is 11.5. The number of carbonyl (C=O) groups is 2. The van der Waals surface area contributed by atoms with Crippen LogP contribution in [0.4, 0.5) is 0 Å². The second-order valence-corrected chi connectivity index (χ2v) is 8.39. The topological polar surface area (TPSA) is 80.0 Å². The number of furan rings is 1. The summed E-state index contributed by atoms with van der Waals surface area (Å²) >= 11 is 0. The lowest BCUT2D eigenvalue weighted by Crippen LogP contribution is -2.33. The van der Waals surface area contributed by atoms with Gasteiger partial charge in [-0.2, -0.15) is 0 Å². The summed E-state index contributed by atoms with van der Waals surface area (Å²) < 4.78 is 11.4. The lowest BCUT2D eigenvalue weighted by Gasteiger charge is -2.24. The van der Waals surface area contributed by atoms with Crippen molar-refractivity contribution < 1.29 is 23.8 Å². The quantitative estimate of drug-likeness (QED) is 0.356. The van der Waals surface area contributed by atoms with Gasteiger partial charge in [-0.1, -0.05) is 36.4 Å². The molecule has 0 unspecified atom stereocenters. The van der Waals surface area contributed by atoms with Crippen molar-refractivity contribution in [3.8, 4) is 17.1 Å². The van der Waals surface area contributed by atoms with Gasteiger partial charge in [-0.25, -0.2) is 0 Å². The molecule has 0 saturated heterocycles. The van der Waals surface area contributed by atoms with Crippen molar-refractivity contribution in [2.24, 2.45) is 0 Å². The summed E-state index contributed by atoms with van der Waals surface area (Å²) in [7, 11) is 0. The summed E-state index contributed by atoms with van der Waals surface area (Å²) in [5, 5.41) is 8.73. The predicted octanol–water partition coefficient (Wildman–Crippen LogP) is 5.78. The molecule has 0 radical (unpaired) electrons. The summed E-state index contributed by atoms with van der Waals surface area (Å²) in [6.07, 6.45) is 6.04. The molecule has 1 amide bonds. The van der Waals surface area contributed by atoms with Gasteiger partial charge < -0.3 is 19.2 Å². The molecule has 0 atom stereocenters. The van der Waals surface area contributed by atoms with E-state index in [1.54, 1.807) is 6.26 Å². The molecule has 33 heavy (non-hydrogen) atoms. The average Bonchev–Trinajstić information content (AvgIpc) is 3.52. The molecular weight excluding hydrogens is 418 g/mol. The Morgan fingerprint density at radius 2 is 1.76 bits per heavy atom. The summed E-state index contributed by atoms with van der Waals surface area (Å²) in [6, 6.07) is 19.5. The van der Waals surface area contributed by atoms with E-state index in [1.165, 1.54) is 0 Å². The minimum absolute atomic E-state index is 0.0194. The second-order valence-electron chi connectivity index (χ2n) is 8.39. The highest BCUT2D eigenvalue weighted by molar-refractivity contribution is 5.97. The predicted molar refractivity (Wildman–Crippen MR) is 125 cm³/mol. The highest BCUT2D eigenvalue weighted by Gasteiger charge is 2.34. The molecule has 6 heteroatoms. The molecule has 1 saturated carbocycles. The third-order valence-corrected chi connectivity index (χ3v) is 5.77. The minimum Gasteiger partial charge on any atom is -0.493 e. The molecule has 172 valence electrons. The molecule has 1 heterocycles. The number of ether oxygens (including phenoxy) is 1. The Kier molecular flexibility index (Phi) is 7.45. The van der Waals surface area contributed by atoms with Crippen LogP contribution >= 0.6 is 0 Å². The van der Waals surface area contributed by atoms with Crippen LogP contribution in [-0.2, 0) is 11.3 Å². The largest absolute Gasteiger partial charge is 0.493 e. The maximum Gasteiger partial charge on any atom is 0.303 e. The zero-order valence-corrected chi connectivity index (χ0v) is 18.6. The van der Waals surface area contributed by atoms with Crippen LogP contribution < -0.4 is 4.74 Å². The van der Waals surface area contributed by atoms with Crippen LogP contribution in [0.2, 0.25) is 0 Å². The highest BCUT2D eigenvalue weighted by atomic mass is 16.5. The fourth-order valence-corrected chi connectivity index (χ4v) is 3.83. The minimum atomic E-state index is -0.775. The van der Waals surface area contributed by atoms with Crippen LogP contribution in [0.3, 0.4) is 0 Å². The smallest absolute Gasteiger partial charge is 0.303 e. The molecule has 0 bridgehead atoms. The first-order valence-corrected chi connectivity index (χ1v) is 11.5. The number of nitrogens with zero attached hydrogens (tertiary/aromatic N) is 1. The number of rotatable bonds is 12. The molecule has 0 aliphatic heterocycles. The highest BCUT2D eigenvalue weighted by Crippen LogP contribution is 2.32. The number of amides is 1. The van der Waals surface area contributed by atoms with E-state index in [1.807, 2.05) is 65.6 Å². The van der Waals surface area contributed by atoms with E-state index in [9.17, 15) is 9.59 Å². The molecular formula is C27H29NO5. The Balaban J connectivity index is 1.39. The zero-order valence-electron chi connectivity index (χ0n) is 18.6. The molecule has 1 aliphatic rings. The number of hydrogen-bond donors (Lipinski definition) is 1. The molecule has 2 aromatic carbocycles. The van der Waals surface area contributed by atoms with Gasteiger partial charge in [0.15, 0.2) is 0 Å². The molecule has 3 aromatic rings. The molecule has 1 aliphatic carbocycles. The van der Waals surface area contributed by atoms with Crippen molar-refractivity contribution in [1.29, 1.82) is 0 Å². The maximum atomic E-state index is 13.5. The van der Waals surface area contributed by atoms with E-state index in [4.69, 9.17) is 14.3 Å². The van der Waals surface area contributed by atoms with Gasteiger partial charge in [0.05, 0.1) is 18.4 Å². The lowest BCUT2D eigenvalue weighted by atomic mass is 10.1. The van der Waals surface area contributed by atoms with Crippen LogP contribution in [-0.4, -0.2) is 34.5 Å². The third-order valence-electron chi connectivity index (χ3n) is 5.77. The van der Waals surface area contributed by atoms with Crippen LogP contribution in [0.1, 0.15) is 54.4 Å². The van der Waals surface area contributed by atoms with E-state index in [0.717, 1.165) is 42.6 Å². The summed E-state index contributed by atoms with van der Waals surface area (Å²) in [6.45, 7) is 1.01. The number of carboxylic acids is 1. The number of para-hydroxylation sites is 1. The Morgan fingerprint density at radius 1 is 0.970 bits per heavy atom. The number of hydrogen-bond acceptors (Lipinski definition) is 4. The van der Waals surface area contributed by atoms with Gasteiger partial charge in [0.2, 0.25) is 0 Å². The van der Waals surface area contributed by atoms with Crippen molar-refractivity contribution in [1.82, 2.24) is 4.90 Å². The standard InChI is InChI=1S/C27H29NO5/c29-26(30)10-2-1-5-17-33-25-8-4-3-7-23(25)27(31)28(22-15-16-22)19-20-11-13-21(14-12-20)24-9-6-18-32-24/h3-4,6-9,11-14,18,22H,1-2,5,10,15-17,19H2,(H,29,30). The zero-order chi connectivity index (χ0) is 23.0. The Labute approximate surface area is 193 Å². The molecule has 4 rings (SSSR count). The Hall–Kier alpha value is -3.54. The maximum absolute atomic E-state index is 13.5. The van der Waals surface area contributed by atoms with Crippen molar-refractivity contribution in [2.75, 3.05) is 6.61 Å².